The van der Waals surface area contributed by atoms with Gasteiger partial charge in [0.15, 0.2) is 0 Å². The Labute approximate surface area is 97.2 Å². The molecule has 0 bridgehead atoms. The van der Waals surface area contributed by atoms with Crippen LogP contribution in [0.5, 0.6) is 0 Å². The smallest absolute Gasteiger partial charge is 0.0281 e. The van der Waals surface area contributed by atoms with Crippen LogP contribution in [0.15, 0.2) is 0 Å². The fraction of sp³-hybridized carbons (Fsp3) is 1.00. The lowest BCUT2D eigenvalue weighted by molar-refractivity contribution is 0.534. The lowest BCUT2D eigenvalue weighted by Gasteiger charge is -2.27. The van der Waals surface area contributed by atoms with Crippen molar-refractivity contribution >= 4 is 23.5 Å². The second-order valence-corrected chi connectivity index (χ2v) is 6.38. The van der Waals surface area contributed by atoms with E-state index in [9.17, 15) is 0 Å². The SMILES string of the molecule is CSCCCNCC1(SC)CCCC1. The highest BCUT2D eigenvalue weighted by molar-refractivity contribution is 8.00. The number of hydrogen-bond acceptors (Lipinski definition) is 3. The van der Waals surface area contributed by atoms with Crippen LogP contribution in [0.3, 0.4) is 0 Å². The molecule has 1 aliphatic rings. The molecule has 0 aromatic rings. The molecule has 14 heavy (non-hydrogen) atoms. The Bertz CT molecular complexity index is 144. The van der Waals surface area contributed by atoms with Crippen molar-refractivity contribution in [3.63, 3.8) is 0 Å². The summed E-state index contributed by atoms with van der Waals surface area (Å²) < 4.78 is 0.583. The van der Waals surface area contributed by atoms with Crippen molar-refractivity contribution < 1.29 is 0 Å². The van der Waals surface area contributed by atoms with Gasteiger partial charge in [-0.2, -0.15) is 23.5 Å². The second kappa shape index (κ2) is 7.02. The van der Waals surface area contributed by atoms with Crippen molar-refractivity contribution in [3.05, 3.63) is 0 Å². The van der Waals surface area contributed by atoms with E-state index in [1.54, 1.807) is 0 Å². The molecule has 0 atom stereocenters. The molecule has 1 fully saturated rings. The van der Waals surface area contributed by atoms with Crippen molar-refractivity contribution in [3.8, 4) is 0 Å². The van der Waals surface area contributed by atoms with E-state index in [-0.39, 0.29) is 0 Å². The first-order valence-electron chi connectivity index (χ1n) is 5.58. The van der Waals surface area contributed by atoms with Gasteiger partial charge in [0.1, 0.15) is 0 Å². The summed E-state index contributed by atoms with van der Waals surface area (Å²) in [5.41, 5.74) is 0. The number of hydrogen-bond donors (Lipinski definition) is 1. The molecule has 3 heteroatoms. The van der Waals surface area contributed by atoms with E-state index in [2.05, 4.69) is 29.6 Å². The van der Waals surface area contributed by atoms with E-state index in [4.69, 9.17) is 0 Å². The molecule has 0 saturated heterocycles. The van der Waals surface area contributed by atoms with Crippen LogP contribution < -0.4 is 5.32 Å². The van der Waals surface area contributed by atoms with Crippen LogP contribution in [-0.2, 0) is 0 Å². The maximum Gasteiger partial charge on any atom is 0.0281 e. The Morgan fingerprint density at radius 1 is 1.21 bits per heavy atom. The lowest BCUT2D eigenvalue weighted by atomic mass is 10.1. The summed E-state index contributed by atoms with van der Waals surface area (Å²) in [6.45, 7) is 2.42. The van der Waals surface area contributed by atoms with Gasteiger partial charge in [0.2, 0.25) is 0 Å². The van der Waals surface area contributed by atoms with Gasteiger partial charge in [-0.05, 0) is 44.1 Å². The molecule has 0 aromatic carbocycles. The Morgan fingerprint density at radius 2 is 1.93 bits per heavy atom. The average molecular weight is 233 g/mol. The van der Waals surface area contributed by atoms with E-state index in [1.807, 2.05) is 11.8 Å². The number of nitrogens with one attached hydrogen (secondary N) is 1. The van der Waals surface area contributed by atoms with Gasteiger partial charge in [0, 0.05) is 11.3 Å². The maximum atomic E-state index is 3.62. The van der Waals surface area contributed by atoms with Crippen LogP contribution in [0.4, 0.5) is 0 Å². The first-order chi connectivity index (χ1) is 6.83. The van der Waals surface area contributed by atoms with Gasteiger partial charge in [-0.15, -0.1) is 0 Å². The fourth-order valence-corrected chi connectivity index (χ4v) is 3.51. The third kappa shape index (κ3) is 4.03. The van der Waals surface area contributed by atoms with Crippen molar-refractivity contribution in [2.24, 2.45) is 0 Å². The first-order valence-corrected chi connectivity index (χ1v) is 8.20. The molecule has 1 aliphatic carbocycles. The van der Waals surface area contributed by atoms with Crippen molar-refractivity contribution in [1.82, 2.24) is 5.32 Å². The van der Waals surface area contributed by atoms with E-state index < -0.39 is 0 Å². The van der Waals surface area contributed by atoms with Crippen LogP contribution >= 0.6 is 23.5 Å². The summed E-state index contributed by atoms with van der Waals surface area (Å²) >= 11 is 4.02. The molecule has 0 amide bonds. The lowest BCUT2D eigenvalue weighted by Crippen LogP contribution is -2.35. The van der Waals surface area contributed by atoms with Gasteiger partial charge in [-0.25, -0.2) is 0 Å². The molecule has 0 heterocycles. The van der Waals surface area contributed by atoms with Crippen LogP contribution in [-0.4, -0.2) is 36.1 Å². The van der Waals surface area contributed by atoms with Crippen LogP contribution in [0, 0.1) is 0 Å². The summed E-state index contributed by atoms with van der Waals surface area (Å²) in [7, 11) is 0. The van der Waals surface area contributed by atoms with E-state index >= 15 is 0 Å². The quantitative estimate of drug-likeness (QED) is 0.679. The predicted molar refractivity (Wildman–Crippen MR) is 70.6 cm³/mol. The normalized spacial score (nSPS) is 20.1. The summed E-state index contributed by atoms with van der Waals surface area (Å²) in [6, 6.07) is 0. The van der Waals surface area contributed by atoms with E-state index in [1.165, 1.54) is 50.9 Å². The van der Waals surface area contributed by atoms with Crippen LogP contribution in [0.2, 0.25) is 0 Å². The second-order valence-electron chi connectivity index (χ2n) is 4.12. The minimum atomic E-state index is 0.583. The van der Waals surface area contributed by atoms with Gasteiger partial charge in [-0.1, -0.05) is 12.8 Å². The Hall–Kier alpha value is 0.660. The van der Waals surface area contributed by atoms with Crippen LogP contribution in [0.25, 0.3) is 0 Å². The zero-order valence-corrected chi connectivity index (χ0v) is 11.1. The van der Waals surface area contributed by atoms with Gasteiger partial charge in [0.25, 0.3) is 0 Å². The first kappa shape index (κ1) is 12.7. The van der Waals surface area contributed by atoms with Gasteiger partial charge >= 0.3 is 0 Å². The molecule has 0 aromatic heterocycles. The Morgan fingerprint density at radius 3 is 2.50 bits per heavy atom. The molecule has 0 radical (unpaired) electrons. The monoisotopic (exact) mass is 233 g/mol. The van der Waals surface area contributed by atoms with Crippen molar-refractivity contribution in [2.75, 3.05) is 31.4 Å². The van der Waals surface area contributed by atoms with Crippen molar-refractivity contribution in [1.29, 1.82) is 0 Å². The van der Waals surface area contributed by atoms with Crippen LogP contribution in [0.1, 0.15) is 32.1 Å². The molecule has 0 unspecified atom stereocenters. The molecular weight excluding hydrogens is 210 g/mol. The number of rotatable bonds is 7. The molecule has 1 rings (SSSR count). The minimum Gasteiger partial charge on any atom is -0.315 e. The average Bonchev–Trinajstić information content (AvgIpc) is 2.67. The maximum absolute atomic E-state index is 3.62. The van der Waals surface area contributed by atoms with Gasteiger partial charge < -0.3 is 5.32 Å². The Balaban J connectivity index is 2.08. The molecule has 84 valence electrons. The molecule has 1 saturated carbocycles. The number of thioether (sulfide) groups is 2. The molecule has 0 aliphatic heterocycles. The summed E-state index contributed by atoms with van der Waals surface area (Å²) in [5.74, 6) is 1.29. The summed E-state index contributed by atoms with van der Waals surface area (Å²) in [6.07, 6.45) is 11.5. The molecule has 1 N–H and O–H groups in total. The topological polar surface area (TPSA) is 12.0 Å². The fourth-order valence-electron chi connectivity index (χ4n) is 2.13. The highest BCUT2D eigenvalue weighted by Gasteiger charge is 2.32. The zero-order chi connectivity index (χ0) is 10.3. The van der Waals surface area contributed by atoms with E-state index in [0.717, 1.165) is 0 Å². The van der Waals surface area contributed by atoms with Crippen molar-refractivity contribution in [2.45, 2.75) is 36.9 Å². The van der Waals surface area contributed by atoms with Gasteiger partial charge in [0.05, 0.1) is 0 Å². The highest BCUT2D eigenvalue weighted by Crippen LogP contribution is 2.39. The molecular formula is C11H23NS2. The standard InChI is InChI=1S/C11H23NS2/c1-13-9-5-8-12-10-11(14-2)6-3-4-7-11/h12H,3-10H2,1-2H3. The largest absolute Gasteiger partial charge is 0.315 e. The predicted octanol–water partition coefficient (Wildman–Crippen LogP) is 3.00. The minimum absolute atomic E-state index is 0.583. The summed E-state index contributed by atoms with van der Waals surface area (Å²) in [5, 5.41) is 3.62. The third-order valence-corrected chi connectivity index (χ3v) is 5.21. The molecule has 1 nitrogen and oxygen atoms in total. The third-order valence-electron chi connectivity index (χ3n) is 3.10. The van der Waals surface area contributed by atoms with Gasteiger partial charge in [-0.3, -0.25) is 0 Å². The summed E-state index contributed by atoms with van der Waals surface area (Å²) in [4.78, 5) is 0. The Kier molecular flexibility index (Phi) is 6.38. The zero-order valence-electron chi connectivity index (χ0n) is 9.47. The highest BCUT2D eigenvalue weighted by atomic mass is 32.2. The molecule has 0 spiro atoms. The van der Waals surface area contributed by atoms with E-state index in [0.29, 0.717) is 4.75 Å².